The van der Waals surface area contributed by atoms with Crippen molar-refractivity contribution in [3.05, 3.63) is 65.0 Å². The monoisotopic (exact) mass is 398 g/mol. The summed E-state index contributed by atoms with van der Waals surface area (Å²) in [5.41, 5.74) is 3.99. The summed E-state index contributed by atoms with van der Waals surface area (Å²) >= 11 is 0. The summed E-state index contributed by atoms with van der Waals surface area (Å²) in [5.74, 6) is 0.589. The van der Waals surface area contributed by atoms with E-state index in [0.29, 0.717) is 6.54 Å². The Morgan fingerprint density at radius 1 is 1.24 bits per heavy atom. The summed E-state index contributed by atoms with van der Waals surface area (Å²) < 4.78 is 13.5. The van der Waals surface area contributed by atoms with E-state index in [1.54, 1.807) is 6.07 Å². The molecule has 0 spiro atoms. The minimum atomic E-state index is -0.192. The molecule has 3 rings (SSSR count). The molecule has 0 saturated carbocycles. The molecule has 3 N–H and O–H groups in total. The number of hydrogen-bond acceptors (Lipinski definition) is 3. The van der Waals surface area contributed by atoms with E-state index in [4.69, 9.17) is 4.99 Å². The van der Waals surface area contributed by atoms with E-state index in [9.17, 15) is 9.50 Å². The first-order valence-electron chi connectivity index (χ1n) is 10.3. The van der Waals surface area contributed by atoms with Crippen LogP contribution in [0.4, 0.5) is 10.1 Å². The summed E-state index contributed by atoms with van der Waals surface area (Å²) in [7, 11) is 0. The lowest BCUT2D eigenvalue weighted by atomic mass is 10.0. The molecule has 5 nitrogen and oxygen atoms in total. The van der Waals surface area contributed by atoms with Crippen molar-refractivity contribution in [2.45, 2.75) is 45.9 Å². The number of rotatable bonds is 6. The minimum Gasteiger partial charge on any atom is -0.392 e. The van der Waals surface area contributed by atoms with Gasteiger partial charge in [0.2, 0.25) is 0 Å². The number of anilines is 1. The molecule has 1 fully saturated rings. The van der Waals surface area contributed by atoms with Crippen LogP contribution in [0, 0.1) is 12.7 Å². The second-order valence-corrected chi connectivity index (χ2v) is 7.48. The number of guanidine groups is 1. The number of aliphatic hydroxyl groups is 1. The summed E-state index contributed by atoms with van der Waals surface area (Å²) in [6.07, 6.45) is 2.13. The van der Waals surface area contributed by atoms with Gasteiger partial charge in [-0.05, 0) is 61.6 Å². The molecule has 6 heteroatoms. The Labute approximate surface area is 172 Å². The van der Waals surface area contributed by atoms with Crippen LogP contribution < -0.4 is 15.5 Å². The van der Waals surface area contributed by atoms with Gasteiger partial charge < -0.3 is 20.6 Å². The van der Waals surface area contributed by atoms with Crippen molar-refractivity contribution in [1.29, 1.82) is 0 Å². The first kappa shape index (κ1) is 21.1. The number of nitrogens with zero attached hydrogens (tertiary/aromatic N) is 2. The molecule has 0 radical (unpaired) electrons. The fourth-order valence-electron chi connectivity index (χ4n) is 3.83. The van der Waals surface area contributed by atoms with Crippen molar-refractivity contribution < 1.29 is 9.50 Å². The molecule has 29 heavy (non-hydrogen) atoms. The van der Waals surface area contributed by atoms with E-state index >= 15 is 0 Å². The van der Waals surface area contributed by atoms with Gasteiger partial charge in [-0.2, -0.15) is 0 Å². The van der Waals surface area contributed by atoms with Gasteiger partial charge in [0.05, 0.1) is 13.2 Å². The molecule has 156 valence electrons. The number of aliphatic hydroxyl groups excluding tert-OH is 1. The van der Waals surface area contributed by atoms with Crippen molar-refractivity contribution in [3.63, 3.8) is 0 Å². The van der Waals surface area contributed by atoms with E-state index in [2.05, 4.69) is 15.5 Å². The van der Waals surface area contributed by atoms with E-state index in [-0.39, 0.29) is 18.5 Å². The van der Waals surface area contributed by atoms with E-state index in [1.807, 2.05) is 44.2 Å². The summed E-state index contributed by atoms with van der Waals surface area (Å²) in [6.45, 7) is 7.14. The minimum absolute atomic E-state index is 0.0181. The maximum absolute atomic E-state index is 13.5. The van der Waals surface area contributed by atoms with Crippen molar-refractivity contribution in [2.24, 2.45) is 4.99 Å². The standard InChI is InChI=1S/C23H31FN4O/c1-3-25-23(26-14-18-7-4-5-8-19(18)16-29)27-21-9-6-12-28(15-21)22-11-10-20(24)13-17(22)2/h4-5,7-8,10-11,13,21,29H,3,6,9,12,14-16H2,1-2H3,(H2,25,26,27). The Kier molecular flexibility index (Phi) is 7.47. The van der Waals surface area contributed by atoms with Gasteiger partial charge >= 0.3 is 0 Å². The van der Waals surface area contributed by atoms with E-state index in [1.165, 1.54) is 6.07 Å². The number of piperidine rings is 1. The van der Waals surface area contributed by atoms with Gasteiger partial charge in [-0.15, -0.1) is 0 Å². The van der Waals surface area contributed by atoms with Crippen LogP contribution >= 0.6 is 0 Å². The zero-order valence-electron chi connectivity index (χ0n) is 17.3. The van der Waals surface area contributed by atoms with E-state index in [0.717, 1.165) is 60.8 Å². The number of nitrogens with one attached hydrogen (secondary N) is 2. The average molecular weight is 399 g/mol. The normalized spacial score (nSPS) is 17.3. The van der Waals surface area contributed by atoms with Gasteiger partial charge in [-0.3, -0.25) is 0 Å². The lowest BCUT2D eigenvalue weighted by Crippen LogP contribution is -2.51. The van der Waals surface area contributed by atoms with Crippen LogP contribution in [-0.2, 0) is 13.2 Å². The highest BCUT2D eigenvalue weighted by Crippen LogP contribution is 2.24. The smallest absolute Gasteiger partial charge is 0.191 e. The maximum atomic E-state index is 13.5. The van der Waals surface area contributed by atoms with Crippen molar-refractivity contribution in [2.75, 3.05) is 24.5 Å². The van der Waals surface area contributed by atoms with Gasteiger partial charge in [0.25, 0.3) is 0 Å². The van der Waals surface area contributed by atoms with Crippen LogP contribution in [0.3, 0.4) is 0 Å². The molecule has 1 unspecified atom stereocenters. The number of halogens is 1. The van der Waals surface area contributed by atoms with Crippen molar-refractivity contribution >= 4 is 11.6 Å². The van der Waals surface area contributed by atoms with Crippen LogP contribution in [0.2, 0.25) is 0 Å². The molecular formula is C23H31FN4O. The Bertz CT molecular complexity index is 839. The Balaban J connectivity index is 1.68. The van der Waals surface area contributed by atoms with Gasteiger partial charge in [-0.1, -0.05) is 24.3 Å². The topological polar surface area (TPSA) is 59.9 Å². The average Bonchev–Trinajstić information content (AvgIpc) is 2.72. The van der Waals surface area contributed by atoms with Gasteiger partial charge in [0, 0.05) is 31.4 Å². The molecule has 2 aromatic rings. The third-order valence-corrected chi connectivity index (χ3v) is 5.30. The Morgan fingerprint density at radius 3 is 2.76 bits per heavy atom. The largest absolute Gasteiger partial charge is 0.392 e. The third kappa shape index (κ3) is 5.70. The zero-order chi connectivity index (χ0) is 20.6. The van der Waals surface area contributed by atoms with Crippen LogP contribution in [0.1, 0.15) is 36.5 Å². The molecule has 1 aliphatic heterocycles. The number of aryl methyl sites for hydroxylation is 1. The highest BCUT2D eigenvalue weighted by Gasteiger charge is 2.22. The van der Waals surface area contributed by atoms with Crippen molar-refractivity contribution in [1.82, 2.24) is 10.6 Å². The lowest BCUT2D eigenvalue weighted by Gasteiger charge is -2.36. The van der Waals surface area contributed by atoms with Crippen LogP contribution in [0.15, 0.2) is 47.5 Å². The second kappa shape index (κ2) is 10.3. The second-order valence-electron chi connectivity index (χ2n) is 7.48. The molecule has 0 amide bonds. The predicted molar refractivity (Wildman–Crippen MR) is 117 cm³/mol. The first-order chi connectivity index (χ1) is 14.1. The van der Waals surface area contributed by atoms with Crippen LogP contribution in [0.25, 0.3) is 0 Å². The maximum Gasteiger partial charge on any atom is 0.191 e. The summed E-state index contributed by atoms with van der Waals surface area (Å²) in [5, 5.41) is 16.4. The molecule has 1 aliphatic rings. The highest BCUT2D eigenvalue weighted by atomic mass is 19.1. The number of aliphatic imine (C=N–C) groups is 1. The molecule has 1 atom stereocenters. The molecule has 2 aromatic carbocycles. The third-order valence-electron chi connectivity index (χ3n) is 5.30. The fraction of sp³-hybridized carbons (Fsp3) is 0.435. The van der Waals surface area contributed by atoms with E-state index < -0.39 is 0 Å². The predicted octanol–water partition coefficient (Wildman–Crippen LogP) is 3.35. The van der Waals surface area contributed by atoms with Crippen LogP contribution in [0.5, 0.6) is 0 Å². The quantitative estimate of drug-likeness (QED) is 0.516. The molecule has 1 saturated heterocycles. The molecule has 0 aromatic heterocycles. The number of benzene rings is 2. The SMILES string of the molecule is CCNC(=NCc1ccccc1CO)NC1CCCN(c2ccc(F)cc2C)C1. The van der Waals surface area contributed by atoms with Crippen molar-refractivity contribution in [3.8, 4) is 0 Å². The molecule has 0 bridgehead atoms. The Morgan fingerprint density at radius 2 is 2.03 bits per heavy atom. The lowest BCUT2D eigenvalue weighted by molar-refractivity contribution is 0.280. The summed E-state index contributed by atoms with van der Waals surface area (Å²) in [6, 6.07) is 13.1. The van der Waals surface area contributed by atoms with Gasteiger partial charge in [-0.25, -0.2) is 9.38 Å². The Hall–Kier alpha value is -2.60. The molecule has 0 aliphatic carbocycles. The highest BCUT2D eigenvalue weighted by molar-refractivity contribution is 5.80. The fourth-order valence-corrected chi connectivity index (χ4v) is 3.83. The van der Waals surface area contributed by atoms with Gasteiger partial charge in [0.1, 0.15) is 5.82 Å². The first-order valence-corrected chi connectivity index (χ1v) is 10.3. The van der Waals surface area contributed by atoms with Gasteiger partial charge in [0.15, 0.2) is 5.96 Å². The summed E-state index contributed by atoms with van der Waals surface area (Å²) in [4.78, 5) is 7.05. The van der Waals surface area contributed by atoms with Crippen LogP contribution in [-0.4, -0.2) is 36.7 Å². The molecule has 1 heterocycles. The zero-order valence-corrected chi connectivity index (χ0v) is 17.3. The number of hydrogen-bond donors (Lipinski definition) is 3. The molecular weight excluding hydrogens is 367 g/mol.